The Morgan fingerprint density at radius 1 is 1.16 bits per heavy atom. The van der Waals surface area contributed by atoms with Crippen LogP contribution < -0.4 is 5.32 Å². The van der Waals surface area contributed by atoms with Gasteiger partial charge in [0.25, 0.3) is 0 Å². The van der Waals surface area contributed by atoms with Gasteiger partial charge in [-0.15, -0.1) is 0 Å². The van der Waals surface area contributed by atoms with Crippen LogP contribution in [-0.2, 0) is 12.0 Å². The molecular weight excluding hydrogens is 236 g/mol. The quantitative estimate of drug-likeness (QED) is 0.895. The minimum atomic E-state index is 0.134. The van der Waals surface area contributed by atoms with E-state index in [9.17, 15) is 0 Å². The third-order valence-corrected chi connectivity index (χ3v) is 4.56. The summed E-state index contributed by atoms with van der Waals surface area (Å²) in [4.78, 5) is 4.14. The Labute approximate surface area is 112 Å². The van der Waals surface area contributed by atoms with E-state index < -0.39 is 0 Å². The van der Waals surface area contributed by atoms with Gasteiger partial charge in [0.15, 0.2) is 0 Å². The largest absolute Gasteiger partial charge is 0.370 e. The Kier molecular flexibility index (Phi) is 2.37. The highest BCUT2D eigenvalue weighted by molar-refractivity contribution is 5.46. The molecule has 2 aliphatic rings. The van der Waals surface area contributed by atoms with Crippen LogP contribution >= 0.6 is 0 Å². The molecule has 2 aromatic heterocycles. The number of rotatable bonds is 2. The second-order valence-corrected chi connectivity index (χ2v) is 5.59. The number of fused-ring (bicyclic) bond motifs is 1. The molecule has 0 atom stereocenters. The summed E-state index contributed by atoms with van der Waals surface area (Å²) in [6.45, 7) is 2.10. The molecule has 1 fully saturated rings. The first-order chi connectivity index (χ1) is 9.38. The minimum absolute atomic E-state index is 0.134. The van der Waals surface area contributed by atoms with Gasteiger partial charge in [-0.1, -0.05) is 6.42 Å². The number of anilines is 1. The van der Waals surface area contributed by atoms with Crippen LogP contribution in [-0.4, -0.2) is 21.3 Å². The fourth-order valence-electron chi connectivity index (χ4n) is 3.30. The number of nitrogens with zero attached hydrogens (tertiary/aromatic N) is 3. The molecule has 0 amide bonds. The molecule has 1 aliphatic carbocycles. The first kappa shape index (κ1) is 11.0. The maximum atomic E-state index is 4.86. The van der Waals surface area contributed by atoms with Crippen molar-refractivity contribution in [2.24, 2.45) is 0 Å². The van der Waals surface area contributed by atoms with E-state index in [0.29, 0.717) is 0 Å². The van der Waals surface area contributed by atoms with Crippen molar-refractivity contribution >= 4 is 5.82 Å². The summed E-state index contributed by atoms with van der Waals surface area (Å²) in [7, 11) is 0. The third-order valence-electron chi connectivity index (χ3n) is 4.56. The Bertz CT molecular complexity index is 560. The Balaban J connectivity index is 1.79. The first-order valence-corrected chi connectivity index (χ1v) is 7.11. The van der Waals surface area contributed by atoms with Crippen molar-refractivity contribution < 1.29 is 0 Å². The van der Waals surface area contributed by atoms with E-state index in [1.807, 2.05) is 12.4 Å². The van der Waals surface area contributed by atoms with Gasteiger partial charge in [0.1, 0.15) is 5.82 Å². The van der Waals surface area contributed by atoms with Gasteiger partial charge in [-0.25, -0.2) is 4.68 Å². The molecule has 0 saturated heterocycles. The second-order valence-electron chi connectivity index (χ2n) is 5.59. The number of hydrogen-bond acceptors (Lipinski definition) is 3. The van der Waals surface area contributed by atoms with Crippen LogP contribution in [0.4, 0.5) is 5.82 Å². The molecule has 2 aromatic rings. The van der Waals surface area contributed by atoms with Crippen molar-refractivity contribution in [3.8, 4) is 0 Å². The highest BCUT2D eigenvalue weighted by Crippen LogP contribution is 2.48. The molecule has 0 radical (unpaired) electrons. The van der Waals surface area contributed by atoms with E-state index in [-0.39, 0.29) is 5.41 Å². The maximum Gasteiger partial charge on any atom is 0.124 e. The van der Waals surface area contributed by atoms with Crippen molar-refractivity contribution in [1.29, 1.82) is 0 Å². The van der Waals surface area contributed by atoms with Gasteiger partial charge in [-0.2, -0.15) is 5.10 Å². The van der Waals surface area contributed by atoms with Crippen molar-refractivity contribution in [2.75, 3.05) is 11.9 Å². The predicted molar refractivity (Wildman–Crippen MR) is 74.2 cm³/mol. The summed E-state index contributed by atoms with van der Waals surface area (Å²) in [5.41, 5.74) is 2.73. The molecule has 1 saturated carbocycles. The summed E-state index contributed by atoms with van der Waals surface area (Å²) in [6.07, 6.45) is 8.64. The van der Waals surface area contributed by atoms with Gasteiger partial charge in [-0.3, -0.25) is 4.98 Å². The summed E-state index contributed by atoms with van der Waals surface area (Å²) in [5, 5.41) is 8.30. The minimum Gasteiger partial charge on any atom is -0.370 e. The highest BCUT2D eigenvalue weighted by Gasteiger charge is 2.42. The van der Waals surface area contributed by atoms with Gasteiger partial charge < -0.3 is 5.32 Å². The summed E-state index contributed by atoms with van der Waals surface area (Å²) in [5.74, 6) is 1.18. The molecule has 0 unspecified atom stereocenters. The highest BCUT2D eigenvalue weighted by atomic mass is 15.3. The van der Waals surface area contributed by atoms with Crippen molar-refractivity contribution in [1.82, 2.24) is 14.8 Å². The first-order valence-electron chi connectivity index (χ1n) is 7.11. The zero-order valence-electron chi connectivity index (χ0n) is 11.0. The van der Waals surface area contributed by atoms with Gasteiger partial charge in [-0.05, 0) is 37.0 Å². The fraction of sp³-hybridized carbons (Fsp3) is 0.467. The number of aryl methyl sites for hydroxylation is 1. The van der Waals surface area contributed by atoms with Gasteiger partial charge in [0.05, 0.1) is 5.69 Å². The Morgan fingerprint density at radius 3 is 2.68 bits per heavy atom. The van der Waals surface area contributed by atoms with Crippen LogP contribution in [0, 0.1) is 0 Å². The number of pyridine rings is 1. The smallest absolute Gasteiger partial charge is 0.124 e. The van der Waals surface area contributed by atoms with Crippen LogP contribution in [0.25, 0.3) is 0 Å². The van der Waals surface area contributed by atoms with Crippen molar-refractivity contribution in [3.63, 3.8) is 0 Å². The molecule has 4 rings (SSSR count). The summed E-state index contributed by atoms with van der Waals surface area (Å²) >= 11 is 0. The van der Waals surface area contributed by atoms with E-state index in [1.54, 1.807) is 0 Å². The van der Waals surface area contributed by atoms with E-state index in [1.165, 1.54) is 36.3 Å². The lowest BCUT2D eigenvalue weighted by molar-refractivity contribution is 0.290. The number of nitrogens with one attached hydrogen (secondary N) is 1. The molecule has 1 N–H and O–H groups in total. The van der Waals surface area contributed by atoms with E-state index in [2.05, 4.69) is 33.2 Å². The Hall–Kier alpha value is -1.84. The lowest BCUT2D eigenvalue weighted by Gasteiger charge is -2.41. The van der Waals surface area contributed by atoms with Gasteiger partial charge >= 0.3 is 0 Å². The molecule has 98 valence electrons. The molecule has 0 aromatic carbocycles. The van der Waals surface area contributed by atoms with E-state index >= 15 is 0 Å². The van der Waals surface area contributed by atoms with Crippen LogP contribution in [0.15, 0.2) is 30.6 Å². The number of hydrogen-bond donors (Lipinski definition) is 1. The number of aromatic nitrogens is 3. The molecule has 1 aliphatic heterocycles. The van der Waals surface area contributed by atoms with Gasteiger partial charge in [0, 0.05) is 37.0 Å². The topological polar surface area (TPSA) is 42.7 Å². The van der Waals surface area contributed by atoms with Crippen molar-refractivity contribution in [2.45, 2.75) is 37.6 Å². The van der Waals surface area contributed by atoms with Gasteiger partial charge in [0.2, 0.25) is 0 Å². The average Bonchev–Trinajstić information content (AvgIpc) is 2.82. The Morgan fingerprint density at radius 2 is 2.00 bits per heavy atom. The molecule has 19 heavy (non-hydrogen) atoms. The molecule has 0 spiro atoms. The fourth-order valence-corrected chi connectivity index (χ4v) is 3.30. The molecule has 3 heterocycles. The summed E-state index contributed by atoms with van der Waals surface area (Å²) in [6, 6.07) is 6.54. The SMILES string of the molecule is c1cc(C2(c3cc4n(n3)CCCN4)CCC2)ccn1. The molecule has 4 heteroatoms. The zero-order chi connectivity index (χ0) is 12.7. The van der Waals surface area contributed by atoms with Crippen LogP contribution in [0.2, 0.25) is 0 Å². The zero-order valence-corrected chi connectivity index (χ0v) is 11.0. The normalized spacial score (nSPS) is 20.2. The third kappa shape index (κ3) is 1.59. The lowest BCUT2D eigenvalue weighted by Crippen LogP contribution is -2.36. The molecule has 0 bridgehead atoms. The standard InChI is InChI=1S/C15H18N4/c1-5-15(6-1,12-3-8-16-9-4-12)13-11-14-17-7-2-10-19(14)18-13/h3-4,8-9,11,17H,1-2,5-7,10H2. The van der Waals surface area contributed by atoms with Crippen molar-refractivity contribution in [3.05, 3.63) is 41.9 Å². The van der Waals surface area contributed by atoms with Crippen LogP contribution in [0.1, 0.15) is 36.9 Å². The summed E-state index contributed by atoms with van der Waals surface area (Å²) < 4.78 is 2.13. The molecule has 4 nitrogen and oxygen atoms in total. The maximum absolute atomic E-state index is 4.86. The monoisotopic (exact) mass is 254 g/mol. The lowest BCUT2D eigenvalue weighted by atomic mass is 9.63. The van der Waals surface area contributed by atoms with E-state index in [4.69, 9.17) is 5.10 Å². The van der Waals surface area contributed by atoms with Crippen LogP contribution in [0.5, 0.6) is 0 Å². The predicted octanol–water partition coefficient (Wildman–Crippen LogP) is 2.56. The van der Waals surface area contributed by atoms with Crippen LogP contribution in [0.3, 0.4) is 0 Å². The molecular formula is C15H18N4. The average molecular weight is 254 g/mol. The second kappa shape index (κ2) is 4.08. The van der Waals surface area contributed by atoms with E-state index in [0.717, 1.165) is 19.5 Å².